The Morgan fingerprint density at radius 1 is 1.60 bits per heavy atom. The predicted molar refractivity (Wildman–Crippen MR) is 98.2 cm³/mol. The first-order valence-corrected chi connectivity index (χ1v) is 10.0. The predicted octanol–water partition coefficient (Wildman–Crippen LogP) is 1.06. The van der Waals surface area contributed by atoms with E-state index in [0.717, 1.165) is 16.4 Å². The van der Waals surface area contributed by atoms with Gasteiger partial charge >= 0.3 is 0 Å². The maximum atomic E-state index is 12.3. The van der Waals surface area contributed by atoms with Gasteiger partial charge in [-0.25, -0.2) is 10.3 Å². The standard InChI is InChI=1S/C15H21IN2O6S/c1-15(25(21)22,6-8-18-7-5-11(16)10-12(18)19)14(20)17-24-13-4-2-3-9-23-13/h5,7,10,13H,2-4,6,8-9H2,1H3,(H,17,20)(H,21,22)/p-1. The van der Waals surface area contributed by atoms with Gasteiger partial charge in [0, 0.05) is 35.4 Å². The van der Waals surface area contributed by atoms with Gasteiger partial charge in [-0.1, -0.05) is 0 Å². The number of ether oxygens (including phenoxy) is 1. The third-order valence-electron chi connectivity index (χ3n) is 4.06. The number of halogens is 1. The van der Waals surface area contributed by atoms with Gasteiger partial charge in [-0.05, 0) is 65.9 Å². The van der Waals surface area contributed by atoms with E-state index < -0.39 is 28.0 Å². The highest BCUT2D eigenvalue weighted by Gasteiger charge is 2.35. The van der Waals surface area contributed by atoms with Crippen LogP contribution in [0.3, 0.4) is 0 Å². The first-order chi connectivity index (χ1) is 11.8. The highest BCUT2D eigenvalue weighted by molar-refractivity contribution is 14.1. The van der Waals surface area contributed by atoms with Gasteiger partial charge in [0.15, 0.2) is 6.29 Å². The Bertz CT molecular complexity index is 691. The number of carbonyl (C=O) groups is 1. The molecule has 2 heterocycles. The Hall–Kier alpha value is -0.820. The van der Waals surface area contributed by atoms with E-state index in [4.69, 9.17) is 9.57 Å². The lowest BCUT2D eigenvalue weighted by Crippen LogP contribution is -2.49. The number of nitrogens with zero attached hydrogens (tertiary/aromatic N) is 1. The number of rotatable bonds is 7. The summed E-state index contributed by atoms with van der Waals surface area (Å²) in [5.41, 5.74) is 1.94. The van der Waals surface area contributed by atoms with Gasteiger partial charge in [0.25, 0.3) is 11.5 Å². The number of nitrogens with one attached hydrogen (secondary N) is 1. The van der Waals surface area contributed by atoms with Gasteiger partial charge < -0.3 is 13.9 Å². The molecule has 0 aromatic carbocycles. The number of carbonyl (C=O) groups excluding carboxylic acids is 1. The van der Waals surface area contributed by atoms with Crippen LogP contribution >= 0.6 is 22.6 Å². The van der Waals surface area contributed by atoms with Gasteiger partial charge in [0.1, 0.15) is 4.75 Å². The van der Waals surface area contributed by atoms with Crippen LogP contribution in [0.5, 0.6) is 0 Å². The topological polar surface area (TPSA) is 110 Å². The molecule has 1 fully saturated rings. The van der Waals surface area contributed by atoms with Crippen molar-refractivity contribution in [1.29, 1.82) is 0 Å². The molecule has 1 saturated heterocycles. The van der Waals surface area contributed by atoms with Crippen molar-refractivity contribution >= 4 is 39.6 Å². The SMILES string of the molecule is CC(CCn1ccc(I)cc1=O)(C(=O)NOC1CCCCO1)S(=O)[O-]. The monoisotopic (exact) mass is 483 g/mol. The Labute approximate surface area is 161 Å². The average molecular weight is 483 g/mol. The highest BCUT2D eigenvalue weighted by atomic mass is 127. The first kappa shape index (κ1) is 20.5. The molecule has 1 N–H and O–H groups in total. The van der Waals surface area contributed by atoms with Crippen LogP contribution in [0.25, 0.3) is 0 Å². The molecule has 0 saturated carbocycles. The molecule has 140 valence electrons. The summed E-state index contributed by atoms with van der Waals surface area (Å²) >= 11 is -0.674. The third kappa shape index (κ3) is 5.58. The largest absolute Gasteiger partial charge is 0.772 e. The fourth-order valence-electron chi connectivity index (χ4n) is 2.31. The smallest absolute Gasteiger partial charge is 0.261 e. The van der Waals surface area contributed by atoms with Crippen LogP contribution in [0.1, 0.15) is 32.6 Å². The number of aromatic nitrogens is 1. The molecular formula is C15H20IN2O6S-. The number of hydrogen-bond acceptors (Lipinski definition) is 6. The molecule has 3 atom stereocenters. The van der Waals surface area contributed by atoms with Crippen molar-refractivity contribution in [2.75, 3.05) is 6.61 Å². The number of hydrogen-bond donors (Lipinski definition) is 1. The first-order valence-electron chi connectivity index (χ1n) is 7.86. The van der Waals surface area contributed by atoms with E-state index in [-0.39, 0.29) is 18.5 Å². The lowest BCUT2D eigenvalue weighted by Gasteiger charge is -2.31. The molecule has 1 aliphatic rings. The van der Waals surface area contributed by atoms with Crippen LogP contribution in [0.15, 0.2) is 23.1 Å². The fraction of sp³-hybridized carbons (Fsp3) is 0.600. The molecule has 0 radical (unpaired) electrons. The molecule has 1 amide bonds. The second kappa shape index (κ2) is 9.21. The van der Waals surface area contributed by atoms with Gasteiger partial charge in [-0.3, -0.25) is 13.8 Å². The second-order valence-electron chi connectivity index (χ2n) is 5.94. The Morgan fingerprint density at radius 3 is 2.96 bits per heavy atom. The summed E-state index contributed by atoms with van der Waals surface area (Å²) in [6, 6.07) is 3.17. The minimum atomic E-state index is -2.69. The number of aryl methyl sites for hydroxylation is 1. The summed E-state index contributed by atoms with van der Waals surface area (Å²) in [4.78, 5) is 29.4. The fourth-order valence-corrected chi connectivity index (χ4v) is 3.18. The zero-order chi connectivity index (χ0) is 18.4. The number of pyridine rings is 1. The van der Waals surface area contributed by atoms with Crippen LogP contribution in [-0.2, 0) is 32.0 Å². The van der Waals surface area contributed by atoms with E-state index in [2.05, 4.69) is 5.48 Å². The van der Waals surface area contributed by atoms with E-state index in [1.807, 2.05) is 22.6 Å². The number of hydroxylamine groups is 1. The molecule has 1 aromatic rings. The van der Waals surface area contributed by atoms with E-state index in [9.17, 15) is 18.4 Å². The molecule has 1 aliphatic heterocycles. The van der Waals surface area contributed by atoms with Crippen molar-refractivity contribution < 1.29 is 23.1 Å². The number of amides is 1. The average Bonchev–Trinajstić information content (AvgIpc) is 2.59. The Morgan fingerprint density at radius 2 is 2.36 bits per heavy atom. The van der Waals surface area contributed by atoms with Crippen molar-refractivity contribution in [3.05, 3.63) is 32.3 Å². The quantitative estimate of drug-likeness (QED) is 0.353. The van der Waals surface area contributed by atoms with Gasteiger partial charge in [0.2, 0.25) is 0 Å². The molecule has 0 aliphatic carbocycles. The summed E-state index contributed by atoms with van der Waals surface area (Å²) in [7, 11) is 0. The summed E-state index contributed by atoms with van der Waals surface area (Å²) in [5, 5.41) is 0. The summed E-state index contributed by atoms with van der Waals surface area (Å²) < 4.78 is 29.0. The third-order valence-corrected chi connectivity index (χ3v) is 5.85. The van der Waals surface area contributed by atoms with Gasteiger partial charge in [0.05, 0.1) is 0 Å². The van der Waals surface area contributed by atoms with E-state index >= 15 is 0 Å². The molecular weight excluding hydrogens is 463 g/mol. The highest BCUT2D eigenvalue weighted by Crippen LogP contribution is 2.20. The van der Waals surface area contributed by atoms with Crippen molar-refractivity contribution in [2.24, 2.45) is 0 Å². The van der Waals surface area contributed by atoms with E-state index in [0.29, 0.717) is 13.0 Å². The summed E-state index contributed by atoms with van der Waals surface area (Å²) in [6.07, 6.45) is 3.42. The van der Waals surface area contributed by atoms with E-state index in [1.165, 1.54) is 17.6 Å². The molecule has 25 heavy (non-hydrogen) atoms. The lowest BCUT2D eigenvalue weighted by atomic mass is 10.1. The molecule has 0 spiro atoms. The van der Waals surface area contributed by atoms with Crippen molar-refractivity contribution in [3.8, 4) is 0 Å². The Kier molecular flexibility index (Phi) is 7.55. The van der Waals surface area contributed by atoms with Crippen LogP contribution in [-0.4, -0.2) is 36.9 Å². The van der Waals surface area contributed by atoms with Crippen molar-refractivity contribution in [1.82, 2.24) is 10.0 Å². The minimum Gasteiger partial charge on any atom is -0.772 e. The molecule has 10 heteroatoms. The molecule has 8 nitrogen and oxygen atoms in total. The van der Waals surface area contributed by atoms with Crippen LogP contribution in [0.2, 0.25) is 0 Å². The summed E-state index contributed by atoms with van der Waals surface area (Å²) in [6.45, 7) is 1.93. The Balaban J connectivity index is 1.99. The lowest BCUT2D eigenvalue weighted by molar-refractivity contribution is -0.201. The summed E-state index contributed by atoms with van der Waals surface area (Å²) in [5.74, 6) is -0.784. The van der Waals surface area contributed by atoms with Crippen molar-refractivity contribution in [3.63, 3.8) is 0 Å². The maximum Gasteiger partial charge on any atom is 0.261 e. The van der Waals surface area contributed by atoms with Gasteiger partial charge in [-0.2, -0.15) is 0 Å². The molecule has 2 rings (SSSR count). The zero-order valence-electron chi connectivity index (χ0n) is 13.7. The van der Waals surface area contributed by atoms with Gasteiger partial charge in [-0.15, -0.1) is 0 Å². The van der Waals surface area contributed by atoms with Crippen LogP contribution < -0.4 is 11.0 Å². The van der Waals surface area contributed by atoms with Crippen LogP contribution in [0, 0.1) is 3.57 Å². The van der Waals surface area contributed by atoms with Crippen LogP contribution in [0.4, 0.5) is 0 Å². The second-order valence-corrected chi connectivity index (χ2v) is 8.55. The normalized spacial score (nSPS) is 21.3. The maximum absolute atomic E-state index is 12.3. The zero-order valence-corrected chi connectivity index (χ0v) is 16.7. The van der Waals surface area contributed by atoms with Crippen molar-refractivity contribution in [2.45, 2.75) is 50.2 Å². The molecule has 1 aromatic heterocycles. The molecule has 0 bridgehead atoms. The van der Waals surface area contributed by atoms with E-state index in [1.54, 1.807) is 12.3 Å². The minimum absolute atomic E-state index is 0.0652. The molecule has 3 unspecified atom stereocenters.